The molecule has 0 radical (unpaired) electrons. The molecule has 2 fully saturated rings. The van der Waals surface area contributed by atoms with Crippen LogP contribution in [-0.2, 0) is 4.79 Å². The number of nitrogens with zero attached hydrogens (tertiary/aromatic N) is 1. The van der Waals surface area contributed by atoms with Gasteiger partial charge in [-0.25, -0.2) is 8.78 Å². The molecule has 0 bridgehead atoms. The fourth-order valence-electron chi connectivity index (χ4n) is 3.06. The van der Waals surface area contributed by atoms with Crippen molar-refractivity contribution in [3.8, 4) is 0 Å². The number of piperidine rings is 2. The van der Waals surface area contributed by atoms with Crippen LogP contribution in [0, 0.1) is 5.41 Å². The number of carbonyl (C=O) groups excluding carboxylic acids is 1. The first-order valence-corrected chi connectivity index (χ1v) is 6.53. The molecule has 0 aromatic carbocycles. The lowest BCUT2D eigenvalue weighted by Gasteiger charge is -2.45. The van der Waals surface area contributed by atoms with Crippen LogP contribution >= 0.6 is 0 Å². The van der Waals surface area contributed by atoms with Gasteiger partial charge >= 0.3 is 12.3 Å². The lowest BCUT2D eigenvalue weighted by molar-refractivity contribution is -0.183. The van der Waals surface area contributed by atoms with Crippen molar-refractivity contribution in [1.82, 2.24) is 10.2 Å². The zero-order valence-electron chi connectivity index (χ0n) is 10.6. The summed E-state index contributed by atoms with van der Waals surface area (Å²) in [7, 11) is 0. The molecule has 1 N–H and O–H groups in total. The molecule has 2 heterocycles. The minimum absolute atomic E-state index is 0.142. The van der Waals surface area contributed by atoms with Gasteiger partial charge in [-0.1, -0.05) is 0 Å². The normalized spacial score (nSPS) is 29.0. The van der Waals surface area contributed by atoms with E-state index in [1.54, 1.807) is 0 Å². The molecule has 3 nitrogen and oxygen atoms in total. The van der Waals surface area contributed by atoms with Crippen LogP contribution in [0.3, 0.4) is 0 Å². The SMILES string of the molecule is O=C(N1CCCC2(CCCNC2)C1)C(F)(F)C(F)F. The third-order valence-electron chi connectivity index (χ3n) is 4.07. The molecule has 0 aromatic heterocycles. The van der Waals surface area contributed by atoms with Crippen LogP contribution in [0.1, 0.15) is 25.7 Å². The number of halogens is 4. The Morgan fingerprint density at radius 1 is 1.26 bits per heavy atom. The number of hydrogen-bond donors (Lipinski definition) is 1. The lowest BCUT2D eigenvalue weighted by Crippen LogP contribution is -2.56. The van der Waals surface area contributed by atoms with Crippen molar-refractivity contribution in [3.05, 3.63) is 0 Å². The molecule has 2 aliphatic heterocycles. The fourth-order valence-corrected chi connectivity index (χ4v) is 3.06. The number of carbonyl (C=O) groups is 1. The van der Waals surface area contributed by atoms with E-state index in [2.05, 4.69) is 5.32 Å². The van der Waals surface area contributed by atoms with Gasteiger partial charge in [-0.3, -0.25) is 4.79 Å². The van der Waals surface area contributed by atoms with Gasteiger partial charge in [0, 0.05) is 25.0 Å². The molecule has 19 heavy (non-hydrogen) atoms. The molecule has 0 aromatic rings. The van der Waals surface area contributed by atoms with Crippen LogP contribution in [0.2, 0.25) is 0 Å². The van der Waals surface area contributed by atoms with Gasteiger partial charge in [0.2, 0.25) is 0 Å². The number of rotatable bonds is 2. The summed E-state index contributed by atoms with van der Waals surface area (Å²) >= 11 is 0. The van der Waals surface area contributed by atoms with E-state index in [0.29, 0.717) is 13.0 Å². The molecule has 7 heteroatoms. The van der Waals surface area contributed by atoms with Crippen molar-refractivity contribution in [2.45, 2.75) is 38.0 Å². The highest BCUT2D eigenvalue weighted by Crippen LogP contribution is 2.37. The van der Waals surface area contributed by atoms with E-state index >= 15 is 0 Å². The third-order valence-corrected chi connectivity index (χ3v) is 4.07. The standard InChI is InChI=1S/C12H18F4N2O/c13-9(14)12(15,16)10(19)18-6-2-4-11(8-18)3-1-5-17-7-11/h9,17H,1-8H2. The number of alkyl halides is 4. The Balaban J connectivity index is 2.07. The van der Waals surface area contributed by atoms with Gasteiger partial charge in [0.05, 0.1) is 0 Å². The molecule has 0 aliphatic carbocycles. The smallest absolute Gasteiger partial charge is 0.337 e. The highest BCUT2D eigenvalue weighted by Gasteiger charge is 2.52. The number of nitrogens with one attached hydrogen (secondary N) is 1. The van der Waals surface area contributed by atoms with Crippen LogP contribution in [0.25, 0.3) is 0 Å². The predicted octanol–water partition coefficient (Wildman–Crippen LogP) is 1.88. The summed E-state index contributed by atoms with van der Waals surface area (Å²) < 4.78 is 50.7. The second kappa shape index (κ2) is 5.26. The summed E-state index contributed by atoms with van der Waals surface area (Å²) in [5, 5.41) is 3.19. The average Bonchev–Trinajstić information content (AvgIpc) is 2.38. The molecule has 1 unspecified atom stereocenters. The molecule has 2 aliphatic rings. The Labute approximate surface area is 109 Å². The molecular weight excluding hydrogens is 264 g/mol. The van der Waals surface area contributed by atoms with E-state index < -0.39 is 18.3 Å². The fraction of sp³-hybridized carbons (Fsp3) is 0.917. The van der Waals surface area contributed by atoms with E-state index in [-0.39, 0.29) is 18.5 Å². The largest absolute Gasteiger partial charge is 0.383 e. The quantitative estimate of drug-likeness (QED) is 0.784. The summed E-state index contributed by atoms with van der Waals surface area (Å²) in [5.74, 6) is -6.30. The van der Waals surface area contributed by atoms with Gasteiger partial charge in [-0.05, 0) is 32.2 Å². The Morgan fingerprint density at radius 3 is 2.53 bits per heavy atom. The van der Waals surface area contributed by atoms with E-state index in [0.717, 1.165) is 30.7 Å². The van der Waals surface area contributed by atoms with Crippen molar-refractivity contribution >= 4 is 5.91 Å². The summed E-state index contributed by atoms with van der Waals surface area (Å²) in [6.45, 7) is 1.84. The average molecular weight is 282 g/mol. The molecule has 1 spiro atoms. The Kier molecular flexibility index (Phi) is 4.03. The first kappa shape index (κ1) is 14.6. The van der Waals surface area contributed by atoms with Crippen LogP contribution < -0.4 is 5.32 Å². The van der Waals surface area contributed by atoms with Crippen molar-refractivity contribution in [2.75, 3.05) is 26.2 Å². The minimum atomic E-state index is -4.57. The number of likely N-dealkylation sites (tertiary alicyclic amines) is 1. The van der Waals surface area contributed by atoms with Crippen molar-refractivity contribution in [2.24, 2.45) is 5.41 Å². The molecule has 1 atom stereocenters. The van der Waals surface area contributed by atoms with Crippen LogP contribution in [0.4, 0.5) is 17.6 Å². The maximum absolute atomic E-state index is 13.1. The van der Waals surface area contributed by atoms with Gasteiger partial charge < -0.3 is 10.2 Å². The summed E-state index contributed by atoms with van der Waals surface area (Å²) in [4.78, 5) is 12.5. The zero-order chi connectivity index (χ0) is 14.1. The van der Waals surface area contributed by atoms with E-state index in [4.69, 9.17) is 0 Å². The monoisotopic (exact) mass is 282 g/mol. The van der Waals surface area contributed by atoms with Crippen LogP contribution in [-0.4, -0.2) is 49.3 Å². The van der Waals surface area contributed by atoms with Gasteiger partial charge in [0.15, 0.2) is 0 Å². The Morgan fingerprint density at radius 2 is 1.95 bits per heavy atom. The highest BCUT2D eigenvalue weighted by molar-refractivity contribution is 5.84. The van der Waals surface area contributed by atoms with Gasteiger partial charge in [0.1, 0.15) is 0 Å². The summed E-state index contributed by atoms with van der Waals surface area (Å²) in [6.07, 6.45) is -0.726. The Bertz CT molecular complexity index is 337. The maximum Gasteiger partial charge on any atom is 0.383 e. The summed E-state index contributed by atoms with van der Waals surface area (Å²) in [5.41, 5.74) is -0.218. The van der Waals surface area contributed by atoms with Gasteiger partial charge in [0.25, 0.3) is 5.91 Å². The van der Waals surface area contributed by atoms with Crippen molar-refractivity contribution in [3.63, 3.8) is 0 Å². The molecule has 2 saturated heterocycles. The molecular formula is C12H18F4N2O. The second-order valence-electron chi connectivity index (χ2n) is 5.53. The van der Waals surface area contributed by atoms with Gasteiger partial charge in [-0.2, -0.15) is 8.78 Å². The minimum Gasteiger partial charge on any atom is -0.337 e. The van der Waals surface area contributed by atoms with Crippen LogP contribution in [0.15, 0.2) is 0 Å². The number of hydrogen-bond acceptors (Lipinski definition) is 2. The first-order valence-electron chi connectivity index (χ1n) is 6.53. The zero-order valence-corrected chi connectivity index (χ0v) is 10.6. The first-order chi connectivity index (χ1) is 8.87. The number of amides is 1. The molecule has 1 amide bonds. The molecule has 2 rings (SSSR count). The molecule has 0 saturated carbocycles. The molecule has 110 valence electrons. The third kappa shape index (κ3) is 2.85. The van der Waals surface area contributed by atoms with E-state index in [9.17, 15) is 22.4 Å². The van der Waals surface area contributed by atoms with E-state index in [1.807, 2.05) is 0 Å². The maximum atomic E-state index is 13.1. The highest BCUT2D eigenvalue weighted by atomic mass is 19.3. The Hall–Kier alpha value is -0.850. The van der Waals surface area contributed by atoms with Crippen molar-refractivity contribution < 1.29 is 22.4 Å². The lowest BCUT2D eigenvalue weighted by atomic mass is 9.74. The topological polar surface area (TPSA) is 32.3 Å². The predicted molar refractivity (Wildman–Crippen MR) is 61.3 cm³/mol. The second-order valence-corrected chi connectivity index (χ2v) is 5.53. The summed E-state index contributed by atoms with van der Waals surface area (Å²) in [6, 6.07) is 0. The van der Waals surface area contributed by atoms with Gasteiger partial charge in [-0.15, -0.1) is 0 Å². The van der Waals surface area contributed by atoms with Crippen molar-refractivity contribution in [1.29, 1.82) is 0 Å². The van der Waals surface area contributed by atoms with E-state index in [1.165, 1.54) is 0 Å². The van der Waals surface area contributed by atoms with Crippen LogP contribution in [0.5, 0.6) is 0 Å².